The van der Waals surface area contributed by atoms with Crippen LogP contribution in [-0.4, -0.2) is 41.0 Å². The second kappa shape index (κ2) is 8.05. The van der Waals surface area contributed by atoms with Gasteiger partial charge in [-0.05, 0) is 34.2 Å². The maximum atomic E-state index is 11.1. The van der Waals surface area contributed by atoms with Crippen molar-refractivity contribution in [3.8, 4) is 0 Å². The molecule has 1 aromatic heterocycles. The zero-order chi connectivity index (χ0) is 16.0. The van der Waals surface area contributed by atoms with E-state index in [1.165, 1.54) is 0 Å². The molecule has 118 valence electrons. The molecule has 6 nitrogen and oxygen atoms in total. The van der Waals surface area contributed by atoms with Crippen molar-refractivity contribution in [3.05, 3.63) is 33.1 Å². The van der Waals surface area contributed by atoms with Crippen LogP contribution in [0.4, 0.5) is 5.69 Å². The minimum atomic E-state index is -0.327. The minimum absolute atomic E-state index is 0.179. The maximum absolute atomic E-state index is 11.1. The van der Waals surface area contributed by atoms with E-state index < -0.39 is 0 Å². The molecule has 0 aliphatic carbocycles. The highest BCUT2D eigenvalue weighted by Crippen LogP contribution is 2.23. The lowest BCUT2D eigenvalue weighted by atomic mass is 10.1. The third-order valence-corrected chi connectivity index (χ3v) is 4.04. The molecule has 0 fully saturated rings. The van der Waals surface area contributed by atoms with Crippen molar-refractivity contribution in [2.45, 2.75) is 46.7 Å². The molecule has 1 unspecified atom stereocenters. The van der Waals surface area contributed by atoms with Gasteiger partial charge in [0.05, 0.1) is 10.6 Å². The summed E-state index contributed by atoms with van der Waals surface area (Å²) in [5.41, 5.74) is 2.19. The maximum Gasteiger partial charge on any atom is 0.278 e. The third kappa shape index (κ3) is 4.75. The second-order valence-electron chi connectivity index (χ2n) is 5.53. The molecule has 0 saturated carbocycles. The molecule has 1 atom stereocenters. The zero-order valence-electron chi connectivity index (χ0n) is 13.6. The molecule has 0 aromatic carbocycles. The van der Waals surface area contributed by atoms with Crippen molar-refractivity contribution in [3.63, 3.8) is 0 Å². The molecule has 6 heteroatoms. The summed E-state index contributed by atoms with van der Waals surface area (Å²) in [6.07, 6.45) is 2.70. The fourth-order valence-electron chi connectivity index (χ4n) is 2.22. The fraction of sp³-hybridized carbons (Fsp3) is 0.667. The van der Waals surface area contributed by atoms with Gasteiger partial charge < -0.3 is 10.2 Å². The highest BCUT2D eigenvalue weighted by Gasteiger charge is 2.18. The van der Waals surface area contributed by atoms with Crippen molar-refractivity contribution >= 4 is 5.69 Å². The van der Waals surface area contributed by atoms with Gasteiger partial charge in [-0.3, -0.25) is 15.1 Å². The summed E-state index contributed by atoms with van der Waals surface area (Å²) in [6, 6.07) is 0.562. The van der Waals surface area contributed by atoms with E-state index >= 15 is 0 Å². The van der Waals surface area contributed by atoms with Gasteiger partial charge in [0.2, 0.25) is 0 Å². The van der Waals surface area contributed by atoms with Crippen LogP contribution in [-0.2, 0) is 6.54 Å². The molecule has 1 N–H and O–H groups in total. The number of aromatic nitrogens is 1. The zero-order valence-corrected chi connectivity index (χ0v) is 13.6. The highest BCUT2D eigenvalue weighted by molar-refractivity contribution is 5.47. The summed E-state index contributed by atoms with van der Waals surface area (Å²) in [7, 11) is 2.11. The summed E-state index contributed by atoms with van der Waals surface area (Å²) in [6.45, 7) is 10.2. The van der Waals surface area contributed by atoms with Crippen LogP contribution < -0.4 is 5.32 Å². The minimum Gasteiger partial charge on any atom is -0.310 e. The summed E-state index contributed by atoms with van der Waals surface area (Å²) >= 11 is 0. The van der Waals surface area contributed by atoms with E-state index in [-0.39, 0.29) is 10.6 Å². The van der Waals surface area contributed by atoms with Gasteiger partial charge >= 0.3 is 0 Å². The van der Waals surface area contributed by atoms with Crippen molar-refractivity contribution in [2.24, 2.45) is 0 Å². The van der Waals surface area contributed by atoms with Crippen LogP contribution in [0, 0.1) is 24.0 Å². The molecule has 0 amide bonds. The Bertz CT molecular complexity index is 491. The van der Waals surface area contributed by atoms with Gasteiger partial charge in [0.25, 0.3) is 5.69 Å². The lowest BCUT2D eigenvalue weighted by Crippen LogP contribution is -2.35. The number of nitrogens with zero attached hydrogens (tertiary/aromatic N) is 3. The molecule has 0 radical (unpaired) electrons. The normalized spacial score (nSPS) is 12.7. The van der Waals surface area contributed by atoms with Gasteiger partial charge in [-0.1, -0.05) is 6.92 Å². The Hall–Kier alpha value is -1.53. The number of aryl methyl sites for hydroxylation is 1. The molecule has 0 saturated heterocycles. The van der Waals surface area contributed by atoms with E-state index in [2.05, 4.69) is 36.1 Å². The lowest BCUT2D eigenvalue weighted by Gasteiger charge is -2.23. The van der Waals surface area contributed by atoms with Crippen LogP contribution >= 0.6 is 0 Å². The summed E-state index contributed by atoms with van der Waals surface area (Å²) in [5.74, 6) is 0. The van der Waals surface area contributed by atoms with Gasteiger partial charge in [-0.15, -0.1) is 0 Å². The van der Waals surface area contributed by atoms with Gasteiger partial charge in [0, 0.05) is 43.0 Å². The predicted molar refractivity (Wildman–Crippen MR) is 84.5 cm³/mol. The van der Waals surface area contributed by atoms with E-state index in [1.807, 2.05) is 0 Å². The van der Waals surface area contributed by atoms with Crippen LogP contribution in [0.15, 0.2) is 6.20 Å². The van der Waals surface area contributed by atoms with Crippen molar-refractivity contribution < 1.29 is 4.92 Å². The second-order valence-corrected chi connectivity index (χ2v) is 5.53. The van der Waals surface area contributed by atoms with Crippen LogP contribution in [0.2, 0.25) is 0 Å². The molecule has 0 bridgehead atoms. The van der Waals surface area contributed by atoms with Gasteiger partial charge in [0.1, 0.15) is 0 Å². The molecule has 1 heterocycles. The van der Waals surface area contributed by atoms with E-state index in [1.54, 1.807) is 20.0 Å². The Labute approximate surface area is 126 Å². The summed E-state index contributed by atoms with van der Waals surface area (Å²) < 4.78 is 0. The lowest BCUT2D eigenvalue weighted by molar-refractivity contribution is -0.386. The number of hydrogen-bond acceptors (Lipinski definition) is 5. The van der Waals surface area contributed by atoms with E-state index in [0.29, 0.717) is 23.7 Å². The fourth-order valence-corrected chi connectivity index (χ4v) is 2.22. The molecule has 0 aliphatic rings. The molecular formula is C15H26N4O2. The molecule has 21 heavy (non-hydrogen) atoms. The van der Waals surface area contributed by atoms with E-state index in [9.17, 15) is 10.1 Å². The monoisotopic (exact) mass is 294 g/mol. The largest absolute Gasteiger partial charge is 0.310 e. The van der Waals surface area contributed by atoms with E-state index in [4.69, 9.17) is 0 Å². The predicted octanol–water partition coefficient (Wildman–Crippen LogP) is 2.43. The average molecular weight is 294 g/mol. The SMILES string of the molecule is CCC(C)N(C)CCNCc1ncc(C)c([N+](=O)[O-])c1C. The number of rotatable bonds is 8. The van der Waals surface area contributed by atoms with E-state index in [0.717, 1.165) is 25.2 Å². The van der Waals surface area contributed by atoms with Crippen LogP contribution in [0.1, 0.15) is 37.1 Å². The Balaban J connectivity index is 2.57. The standard InChI is InChI=1S/C15H26N4O2/c1-6-12(3)18(5)8-7-16-10-14-13(4)15(19(20)21)11(2)9-17-14/h9,12,16H,6-8,10H2,1-5H3. The third-order valence-electron chi connectivity index (χ3n) is 4.04. The number of nitro groups is 1. The molecule has 1 rings (SSSR count). The number of nitrogens with one attached hydrogen (secondary N) is 1. The van der Waals surface area contributed by atoms with Crippen molar-refractivity contribution in [1.82, 2.24) is 15.2 Å². The van der Waals surface area contributed by atoms with Gasteiger partial charge in [-0.2, -0.15) is 0 Å². The summed E-state index contributed by atoms with van der Waals surface area (Å²) in [4.78, 5) is 17.4. The van der Waals surface area contributed by atoms with Crippen LogP contribution in [0.25, 0.3) is 0 Å². The Morgan fingerprint density at radius 1 is 1.48 bits per heavy atom. The first kappa shape index (κ1) is 17.5. The molecule has 0 aliphatic heterocycles. The Morgan fingerprint density at radius 3 is 2.71 bits per heavy atom. The quantitative estimate of drug-likeness (QED) is 0.453. The Kier molecular flexibility index (Phi) is 6.71. The van der Waals surface area contributed by atoms with Crippen molar-refractivity contribution in [1.29, 1.82) is 0 Å². The molecule has 1 aromatic rings. The summed E-state index contributed by atoms with van der Waals surface area (Å²) in [5, 5.41) is 14.4. The Morgan fingerprint density at radius 2 is 2.14 bits per heavy atom. The number of hydrogen-bond donors (Lipinski definition) is 1. The molecular weight excluding hydrogens is 268 g/mol. The molecule has 0 spiro atoms. The first-order valence-electron chi connectivity index (χ1n) is 7.38. The first-order valence-corrected chi connectivity index (χ1v) is 7.38. The number of pyridine rings is 1. The van der Waals surface area contributed by atoms with Gasteiger partial charge in [-0.25, -0.2) is 0 Å². The smallest absolute Gasteiger partial charge is 0.278 e. The van der Waals surface area contributed by atoms with Crippen molar-refractivity contribution in [2.75, 3.05) is 20.1 Å². The number of likely N-dealkylation sites (N-methyl/N-ethyl adjacent to an activating group) is 1. The van der Waals surface area contributed by atoms with Crippen LogP contribution in [0.3, 0.4) is 0 Å². The van der Waals surface area contributed by atoms with Gasteiger partial charge in [0.15, 0.2) is 0 Å². The highest BCUT2D eigenvalue weighted by atomic mass is 16.6. The first-order chi connectivity index (χ1) is 9.88. The average Bonchev–Trinajstić information content (AvgIpc) is 2.44. The van der Waals surface area contributed by atoms with Crippen LogP contribution in [0.5, 0.6) is 0 Å². The topological polar surface area (TPSA) is 71.3 Å².